The van der Waals surface area contributed by atoms with E-state index >= 15 is 0 Å². The topological polar surface area (TPSA) is 61.3 Å². The van der Waals surface area contributed by atoms with Gasteiger partial charge in [0, 0.05) is 17.3 Å². The first-order chi connectivity index (χ1) is 14.3. The summed E-state index contributed by atoms with van der Waals surface area (Å²) in [4.78, 5) is 22.5. The number of rotatable bonds is 2. The molecule has 6 rings (SSSR count). The maximum atomic E-state index is 13.3. The van der Waals surface area contributed by atoms with Gasteiger partial charge in [-0.1, -0.05) is 36.4 Å². The van der Waals surface area contributed by atoms with E-state index in [9.17, 15) is 4.79 Å². The molecular weight excluding hydrogens is 364 g/mol. The average molecular weight is 378 g/mol. The SMILES string of the molecule is O=C1c2ccccc2-c2nc(-c3ccccn3)cc(-c3ccc4c(c3)OCO4)c21. The van der Waals surface area contributed by atoms with Gasteiger partial charge in [0.1, 0.15) is 0 Å². The molecule has 0 atom stereocenters. The Hall–Kier alpha value is -3.99. The Morgan fingerprint density at radius 1 is 0.759 bits per heavy atom. The summed E-state index contributed by atoms with van der Waals surface area (Å²) in [6.45, 7) is 0.205. The lowest BCUT2D eigenvalue weighted by Gasteiger charge is -2.11. The molecular formula is C24H14N2O3. The molecule has 1 aliphatic heterocycles. The van der Waals surface area contributed by atoms with Crippen molar-refractivity contribution in [3.05, 3.63) is 84.1 Å². The van der Waals surface area contributed by atoms with E-state index in [1.807, 2.05) is 66.7 Å². The van der Waals surface area contributed by atoms with E-state index in [-0.39, 0.29) is 12.6 Å². The third-order valence-corrected chi connectivity index (χ3v) is 5.28. The lowest BCUT2D eigenvalue weighted by atomic mass is 9.96. The Morgan fingerprint density at radius 3 is 2.45 bits per heavy atom. The van der Waals surface area contributed by atoms with Crippen molar-refractivity contribution in [1.82, 2.24) is 9.97 Å². The van der Waals surface area contributed by atoms with Gasteiger partial charge < -0.3 is 9.47 Å². The summed E-state index contributed by atoms with van der Waals surface area (Å²) in [5, 5.41) is 0. The lowest BCUT2D eigenvalue weighted by Crippen LogP contribution is -2.01. The van der Waals surface area contributed by atoms with Gasteiger partial charge in [-0.3, -0.25) is 9.78 Å². The van der Waals surface area contributed by atoms with Crippen LogP contribution in [0.1, 0.15) is 15.9 Å². The number of hydrogen-bond donors (Lipinski definition) is 0. The Kier molecular flexibility index (Phi) is 3.32. The van der Waals surface area contributed by atoms with Crippen molar-refractivity contribution in [2.24, 2.45) is 0 Å². The number of aromatic nitrogens is 2. The summed E-state index contributed by atoms with van der Waals surface area (Å²) in [5.74, 6) is 1.37. The molecule has 4 aromatic rings. The first kappa shape index (κ1) is 16.0. The molecule has 0 unspecified atom stereocenters. The van der Waals surface area contributed by atoms with Gasteiger partial charge in [0.05, 0.1) is 22.6 Å². The summed E-state index contributed by atoms with van der Waals surface area (Å²) in [5.41, 5.74) is 6.02. The van der Waals surface area contributed by atoms with Gasteiger partial charge in [0.25, 0.3) is 0 Å². The minimum Gasteiger partial charge on any atom is -0.454 e. The molecule has 0 spiro atoms. The standard InChI is InChI=1S/C24H14N2O3/c27-24-16-6-2-1-5-15(16)23-22(24)17(12-19(26-23)18-7-3-4-10-25-18)14-8-9-20-21(11-14)29-13-28-20/h1-12H,13H2. The molecule has 29 heavy (non-hydrogen) atoms. The quantitative estimate of drug-likeness (QED) is 0.444. The van der Waals surface area contributed by atoms with Gasteiger partial charge in [-0.25, -0.2) is 4.98 Å². The molecule has 0 amide bonds. The van der Waals surface area contributed by atoms with Crippen molar-refractivity contribution in [2.45, 2.75) is 0 Å². The van der Waals surface area contributed by atoms with E-state index in [2.05, 4.69) is 4.98 Å². The molecule has 2 aromatic carbocycles. The number of pyridine rings is 2. The molecule has 0 bridgehead atoms. The van der Waals surface area contributed by atoms with Crippen molar-refractivity contribution in [1.29, 1.82) is 0 Å². The number of nitrogens with zero attached hydrogens (tertiary/aromatic N) is 2. The molecule has 2 aromatic heterocycles. The number of ether oxygens (including phenoxy) is 2. The third-order valence-electron chi connectivity index (χ3n) is 5.28. The highest BCUT2D eigenvalue weighted by atomic mass is 16.7. The predicted octanol–water partition coefficient (Wildman–Crippen LogP) is 4.75. The highest BCUT2D eigenvalue weighted by Crippen LogP contribution is 2.44. The van der Waals surface area contributed by atoms with Gasteiger partial charge in [-0.2, -0.15) is 0 Å². The van der Waals surface area contributed by atoms with E-state index in [0.717, 1.165) is 28.1 Å². The molecule has 0 N–H and O–H groups in total. The van der Waals surface area contributed by atoms with Gasteiger partial charge in [-0.05, 0) is 41.5 Å². The molecule has 3 heterocycles. The number of fused-ring (bicyclic) bond motifs is 4. The van der Waals surface area contributed by atoms with Gasteiger partial charge in [0.15, 0.2) is 17.3 Å². The van der Waals surface area contributed by atoms with E-state index in [0.29, 0.717) is 28.3 Å². The Bertz CT molecular complexity index is 1300. The Morgan fingerprint density at radius 2 is 1.59 bits per heavy atom. The van der Waals surface area contributed by atoms with E-state index in [4.69, 9.17) is 14.5 Å². The Balaban J connectivity index is 1.65. The van der Waals surface area contributed by atoms with E-state index in [1.54, 1.807) is 6.20 Å². The first-order valence-corrected chi connectivity index (χ1v) is 9.30. The summed E-state index contributed by atoms with van der Waals surface area (Å²) in [6.07, 6.45) is 1.74. The Labute approximate surface area is 166 Å². The normalized spacial score (nSPS) is 13.3. The van der Waals surface area contributed by atoms with Crippen LogP contribution in [-0.4, -0.2) is 22.5 Å². The predicted molar refractivity (Wildman–Crippen MR) is 108 cm³/mol. The molecule has 138 valence electrons. The summed E-state index contributed by atoms with van der Waals surface area (Å²) in [6, 6.07) is 21.0. The van der Waals surface area contributed by atoms with Crippen LogP contribution in [-0.2, 0) is 0 Å². The minimum atomic E-state index is -0.0108. The molecule has 2 aliphatic rings. The monoisotopic (exact) mass is 378 g/mol. The van der Waals surface area contributed by atoms with E-state index in [1.165, 1.54) is 0 Å². The third kappa shape index (κ3) is 2.37. The fourth-order valence-electron chi connectivity index (χ4n) is 3.93. The molecule has 0 saturated carbocycles. The van der Waals surface area contributed by atoms with Crippen molar-refractivity contribution < 1.29 is 14.3 Å². The van der Waals surface area contributed by atoms with Crippen LogP contribution in [0.5, 0.6) is 11.5 Å². The summed E-state index contributed by atoms with van der Waals surface area (Å²) < 4.78 is 11.0. The zero-order valence-corrected chi connectivity index (χ0v) is 15.3. The van der Waals surface area contributed by atoms with Crippen molar-refractivity contribution in [3.8, 4) is 45.3 Å². The van der Waals surface area contributed by atoms with Crippen LogP contribution in [0, 0.1) is 0 Å². The van der Waals surface area contributed by atoms with Crippen LogP contribution < -0.4 is 9.47 Å². The first-order valence-electron chi connectivity index (χ1n) is 9.30. The number of carbonyl (C=O) groups is 1. The fraction of sp³-hybridized carbons (Fsp3) is 0.0417. The smallest absolute Gasteiger partial charge is 0.231 e. The second kappa shape index (κ2) is 6.01. The number of ketones is 1. The molecule has 0 fully saturated rings. The fourth-order valence-corrected chi connectivity index (χ4v) is 3.93. The van der Waals surface area contributed by atoms with Crippen molar-refractivity contribution in [3.63, 3.8) is 0 Å². The summed E-state index contributed by atoms with van der Waals surface area (Å²) in [7, 11) is 0. The number of hydrogen-bond acceptors (Lipinski definition) is 5. The lowest BCUT2D eigenvalue weighted by molar-refractivity contribution is 0.104. The van der Waals surface area contributed by atoms with Crippen LogP contribution in [0.3, 0.4) is 0 Å². The molecule has 5 nitrogen and oxygen atoms in total. The molecule has 0 saturated heterocycles. The van der Waals surface area contributed by atoms with Crippen molar-refractivity contribution in [2.75, 3.05) is 6.79 Å². The minimum absolute atomic E-state index is 0.0108. The van der Waals surface area contributed by atoms with Crippen LogP contribution in [0.15, 0.2) is 72.9 Å². The second-order valence-corrected chi connectivity index (χ2v) is 6.94. The van der Waals surface area contributed by atoms with Gasteiger partial charge in [-0.15, -0.1) is 0 Å². The largest absolute Gasteiger partial charge is 0.454 e. The molecule has 1 aliphatic carbocycles. The second-order valence-electron chi connectivity index (χ2n) is 6.94. The van der Waals surface area contributed by atoms with Crippen LogP contribution in [0.2, 0.25) is 0 Å². The van der Waals surface area contributed by atoms with Crippen molar-refractivity contribution >= 4 is 5.78 Å². The zero-order valence-electron chi connectivity index (χ0n) is 15.3. The number of carbonyl (C=O) groups excluding carboxylic acids is 1. The maximum Gasteiger partial charge on any atom is 0.231 e. The molecule has 0 radical (unpaired) electrons. The van der Waals surface area contributed by atoms with Gasteiger partial charge in [0.2, 0.25) is 6.79 Å². The zero-order chi connectivity index (χ0) is 19.4. The highest BCUT2D eigenvalue weighted by Gasteiger charge is 2.32. The average Bonchev–Trinajstić information content (AvgIpc) is 3.36. The van der Waals surface area contributed by atoms with Crippen LogP contribution >= 0.6 is 0 Å². The van der Waals surface area contributed by atoms with Gasteiger partial charge >= 0.3 is 0 Å². The van der Waals surface area contributed by atoms with Crippen LogP contribution in [0.25, 0.3) is 33.8 Å². The number of benzene rings is 2. The van der Waals surface area contributed by atoms with E-state index < -0.39 is 0 Å². The highest BCUT2D eigenvalue weighted by molar-refractivity contribution is 6.24. The van der Waals surface area contributed by atoms with Crippen LogP contribution in [0.4, 0.5) is 0 Å². The maximum absolute atomic E-state index is 13.3. The summed E-state index contributed by atoms with van der Waals surface area (Å²) >= 11 is 0. The molecule has 5 heteroatoms.